The summed E-state index contributed by atoms with van der Waals surface area (Å²) in [6.45, 7) is 7.98. The van der Waals surface area contributed by atoms with Crippen molar-refractivity contribution in [3.63, 3.8) is 0 Å². The molecule has 0 aromatic rings. The number of alkyl carbamates (subject to hydrolysis) is 1. The van der Waals surface area contributed by atoms with Crippen LogP contribution in [0.25, 0.3) is 0 Å². The van der Waals surface area contributed by atoms with Crippen LogP contribution in [0.3, 0.4) is 0 Å². The smallest absolute Gasteiger partial charge is 0.407 e. The third-order valence-electron chi connectivity index (χ3n) is 6.45. The minimum Gasteiger partial charge on any atom is -0.449 e. The molecule has 1 aliphatic carbocycles. The Morgan fingerprint density at radius 1 is 0.784 bits per heavy atom. The highest BCUT2D eigenvalue weighted by Gasteiger charge is 2.48. The van der Waals surface area contributed by atoms with Crippen molar-refractivity contribution in [2.75, 3.05) is 65.9 Å². The lowest BCUT2D eigenvalue weighted by Crippen LogP contribution is -2.35. The molecule has 1 aliphatic heterocycles. The number of carbonyl (C=O) groups is 4. The third-order valence-corrected chi connectivity index (χ3v) is 6.45. The van der Waals surface area contributed by atoms with Crippen molar-refractivity contribution in [2.45, 2.75) is 46.0 Å². The normalized spacial score (nSPS) is 20.4. The van der Waals surface area contributed by atoms with Gasteiger partial charge in [0.15, 0.2) is 0 Å². The monoisotopic (exact) mass is 525 g/mol. The Morgan fingerprint density at radius 3 is 1.84 bits per heavy atom. The number of rotatable bonds is 21. The summed E-state index contributed by atoms with van der Waals surface area (Å²) in [7, 11) is 0. The van der Waals surface area contributed by atoms with E-state index in [1.54, 1.807) is 0 Å². The molecule has 11 nitrogen and oxygen atoms in total. The Hall–Kier alpha value is -2.50. The van der Waals surface area contributed by atoms with Crippen molar-refractivity contribution in [2.24, 2.45) is 17.8 Å². The molecular formula is C26H43N3O8. The summed E-state index contributed by atoms with van der Waals surface area (Å²) in [5, 5.41) is 5.38. The summed E-state index contributed by atoms with van der Waals surface area (Å²) in [5.74, 6) is 0.897. The van der Waals surface area contributed by atoms with Gasteiger partial charge in [-0.05, 0) is 17.8 Å². The van der Waals surface area contributed by atoms with Crippen molar-refractivity contribution < 1.29 is 38.1 Å². The van der Waals surface area contributed by atoms with Crippen LogP contribution < -0.4 is 10.6 Å². The standard InChI is InChI=1S/C26H43N3O8/c1-3-5-20-21(6-4-2)22(20)19-37-26(33)28-11-14-35-16-18-36-17-15-34-13-10-27-23(30)9-12-29-24(31)7-8-25(29)32/h7-8,20-22H,3-6,9-19H2,1-2H3,(H,27,30)(H,28,33)/t20-,21+,22?. The molecular weight excluding hydrogens is 482 g/mol. The molecule has 2 N–H and O–H groups in total. The van der Waals surface area contributed by atoms with Crippen LogP contribution >= 0.6 is 0 Å². The highest BCUT2D eigenvalue weighted by atomic mass is 16.6. The number of imide groups is 1. The molecule has 4 amide bonds. The molecule has 0 spiro atoms. The number of amides is 4. The Bertz CT molecular complexity index is 730. The number of hydrogen-bond acceptors (Lipinski definition) is 8. The van der Waals surface area contributed by atoms with Gasteiger partial charge in [0, 0.05) is 38.2 Å². The zero-order chi connectivity index (χ0) is 26.9. The van der Waals surface area contributed by atoms with Gasteiger partial charge >= 0.3 is 6.09 Å². The first kappa shape index (κ1) is 30.7. The first-order valence-electron chi connectivity index (χ1n) is 13.4. The van der Waals surface area contributed by atoms with E-state index >= 15 is 0 Å². The van der Waals surface area contributed by atoms with Crippen LogP contribution in [0.15, 0.2) is 12.2 Å². The molecule has 1 fully saturated rings. The van der Waals surface area contributed by atoms with E-state index in [1.165, 1.54) is 37.8 Å². The van der Waals surface area contributed by atoms with Crippen molar-refractivity contribution in [3.05, 3.63) is 12.2 Å². The number of carbonyl (C=O) groups excluding carboxylic acids is 4. The van der Waals surface area contributed by atoms with E-state index in [2.05, 4.69) is 24.5 Å². The van der Waals surface area contributed by atoms with E-state index in [-0.39, 0.29) is 25.0 Å². The lowest BCUT2D eigenvalue weighted by atomic mass is 10.1. The molecule has 0 saturated heterocycles. The van der Waals surface area contributed by atoms with Crippen molar-refractivity contribution in [1.29, 1.82) is 0 Å². The molecule has 210 valence electrons. The van der Waals surface area contributed by atoms with Gasteiger partial charge in [-0.25, -0.2) is 4.79 Å². The third kappa shape index (κ3) is 12.1. The van der Waals surface area contributed by atoms with E-state index < -0.39 is 11.8 Å². The van der Waals surface area contributed by atoms with E-state index in [9.17, 15) is 19.2 Å². The van der Waals surface area contributed by atoms with Crippen LogP contribution in [0.5, 0.6) is 0 Å². The summed E-state index contributed by atoms with van der Waals surface area (Å²) < 4.78 is 21.6. The zero-order valence-electron chi connectivity index (χ0n) is 22.2. The first-order valence-corrected chi connectivity index (χ1v) is 13.4. The van der Waals surface area contributed by atoms with Crippen LogP contribution in [0.4, 0.5) is 4.79 Å². The molecule has 2 aliphatic rings. The average Bonchev–Trinajstić information content (AvgIpc) is 3.42. The van der Waals surface area contributed by atoms with Crippen molar-refractivity contribution in [3.8, 4) is 0 Å². The van der Waals surface area contributed by atoms with E-state index in [1.807, 2.05) is 0 Å². The molecule has 1 heterocycles. The topological polar surface area (TPSA) is 132 Å². The van der Waals surface area contributed by atoms with Gasteiger partial charge in [-0.2, -0.15) is 0 Å². The van der Waals surface area contributed by atoms with Gasteiger partial charge < -0.3 is 29.6 Å². The van der Waals surface area contributed by atoms with Crippen LogP contribution in [-0.2, 0) is 33.3 Å². The van der Waals surface area contributed by atoms with E-state index in [0.717, 1.165) is 4.90 Å². The van der Waals surface area contributed by atoms with Gasteiger partial charge in [0.05, 0.1) is 46.2 Å². The van der Waals surface area contributed by atoms with Crippen LogP contribution in [0.2, 0.25) is 0 Å². The highest BCUT2D eigenvalue weighted by molar-refractivity contribution is 6.13. The summed E-state index contributed by atoms with van der Waals surface area (Å²) in [4.78, 5) is 47.5. The molecule has 1 saturated carbocycles. The lowest BCUT2D eigenvalue weighted by Gasteiger charge is -2.13. The fourth-order valence-corrected chi connectivity index (χ4v) is 4.50. The van der Waals surface area contributed by atoms with Gasteiger partial charge in [0.1, 0.15) is 0 Å². The largest absolute Gasteiger partial charge is 0.449 e. The van der Waals surface area contributed by atoms with Gasteiger partial charge in [-0.15, -0.1) is 0 Å². The van der Waals surface area contributed by atoms with Crippen LogP contribution in [0.1, 0.15) is 46.0 Å². The van der Waals surface area contributed by atoms with E-state index in [4.69, 9.17) is 18.9 Å². The van der Waals surface area contributed by atoms with Crippen molar-refractivity contribution >= 4 is 23.8 Å². The second kappa shape index (κ2) is 17.9. The maximum atomic E-state index is 11.9. The Morgan fingerprint density at radius 2 is 1.30 bits per heavy atom. The van der Waals surface area contributed by atoms with Crippen molar-refractivity contribution in [1.82, 2.24) is 15.5 Å². The average molecular weight is 526 g/mol. The summed E-state index contributed by atoms with van der Waals surface area (Å²) in [5.41, 5.74) is 0. The molecule has 3 atom stereocenters. The molecule has 0 aromatic carbocycles. The van der Waals surface area contributed by atoms with Gasteiger partial charge in [-0.3, -0.25) is 19.3 Å². The fraction of sp³-hybridized carbons (Fsp3) is 0.769. The predicted molar refractivity (Wildman–Crippen MR) is 136 cm³/mol. The SMILES string of the molecule is CCC[C@@H]1C(COC(=O)NCCOCCOCCOCCNC(=O)CCN2C(=O)C=CC2=O)[C@@H]1CCC. The molecule has 11 heteroatoms. The summed E-state index contributed by atoms with van der Waals surface area (Å²) in [6, 6.07) is 0. The zero-order valence-corrected chi connectivity index (χ0v) is 22.2. The lowest BCUT2D eigenvalue weighted by molar-refractivity contribution is -0.137. The van der Waals surface area contributed by atoms with Gasteiger partial charge in [0.2, 0.25) is 5.91 Å². The summed E-state index contributed by atoms with van der Waals surface area (Å²) in [6.07, 6.45) is 6.84. The van der Waals surface area contributed by atoms with Crippen LogP contribution in [0, 0.1) is 17.8 Å². The Labute approximate surface area is 219 Å². The minimum absolute atomic E-state index is 0.0539. The fourth-order valence-electron chi connectivity index (χ4n) is 4.50. The number of ether oxygens (including phenoxy) is 4. The molecule has 37 heavy (non-hydrogen) atoms. The molecule has 0 radical (unpaired) electrons. The first-order chi connectivity index (χ1) is 18.0. The second-order valence-corrected chi connectivity index (χ2v) is 9.19. The number of nitrogens with one attached hydrogen (secondary N) is 2. The predicted octanol–water partition coefficient (Wildman–Crippen LogP) is 1.66. The Kier molecular flexibility index (Phi) is 14.8. The number of hydrogen-bond donors (Lipinski definition) is 2. The number of nitrogens with zero attached hydrogens (tertiary/aromatic N) is 1. The maximum absolute atomic E-state index is 11.9. The van der Waals surface area contributed by atoms with Gasteiger partial charge in [0.25, 0.3) is 11.8 Å². The van der Waals surface area contributed by atoms with E-state index in [0.29, 0.717) is 77.1 Å². The molecule has 0 bridgehead atoms. The molecule has 1 unspecified atom stereocenters. The molecule has 0 aromatic heterocycles. The summed E-state index contributed by atoms with van der Waals surface area (Å²) >= 11 is 0. The van der Waals surface area contributed by atoms with Gasteiger partial charge in [-0.1, -0.05) is 39.5 Å². The Balaban J connectivity index is 1.31. The highest BCUT2D eigenvalue weighted by Crippen LogP contribution is 2.51. The molecule has 2 rings (SSSR count). The maximum Gasteiger partial charge on any atom is 0.407 e. The quantitative estimate of drug-likeness (QED) is 0.171. The minimum atomic E-state index is -0.396. The van der Waals surface area contributed by atoms with Crippen LogP contribution in [-0.4, -0.2) is 94.6 Å². The second-order valence-electron chi connectivity index (χ2n) is 9.19.